The van der Waals surface area contributed by atoms with Crippen molar-refractivity contribution in [3.63, 3.8) is 0 Å². The number of fused-ring (bicyclic) bond motifs is 1. The van der Waals surface area contributed by atoms with Crippen molar-refractivity contribution in [3.8, 4) is 11.8 Å². The molecule has 1 atom stereocenters. The van der Waals surface area contributed by atoms with Crippen molar-refractivity contribution >= 4 is 28.7 Å². The molecule has 1 aromatic carbocycles. The lowest BCUT2D eigenvalue weighted by Crippen LogP contribution is -2.44. The summed E-state index contributed by atoms with van der Waals surface area (Å²) in [7, 11) is 1.76. The van der Waals surface area contributed by atoms with Crippen LogP contribution in [0.15, 0.2) is 22.8 Å². The number of hydrogen-bond acceptors (Lipinski definition) is 8. The van der Waals surface area contributed by atoms with Gasteiger partial charge in [0.25, 0.3) is 5.91 Å². The molecule has 3 aromatic rings. The second kappa shape index (κ2) is 9.06. The van der Waals surface area contributed by atoms with Crippen LogP contribution in [0.3, 0.4) is 0 Å². The third kappa shape index (κ3) is 4.32. The van der Waals surface area contributed by atoms with Gasteiger partial charge in [-0.1, -0.05) is 12.0 Å². The van der Waals surface area contributed by atoms with E-state index in [-0.39, 0.29) is 11.9 Å². The van der Waals surface area contributed by atoms with Crippen molar-refractivity contribution in [2.24, 2.45) is 5.73 Å². The molecule has 1 unspecified atom stereocenters. The number of hydrogen-bond donors (Lipinski definition) is 3. The number of rotatable bonds is 6. The predicted molar refractivity (Wildman–Crippen MR) is 118 cm³/mol. The molecule has 31 heavy (non-hydrogen) atoms. The van der Waals surface area contributed by atoms with Gasteiger partial charge in [0.2, 0.25) is 5.95 Å². The van der Waals surface area contributed by atoms with Crippen LogP contribution in [0.1, 0.15) is 35.8 Å². The van der Waals surface area contributed by atoms with Crippen LogP contribution >= 0.6 is 0 Å². The first-order valence-corrected chi connectivity index (χ1v) is 10.3. The number of anilines is 2. The molecule has 10 heteroatoms. The summed E-state index contributed by atoms with van der Waals surface area (Å²) in [6.07, 6.45) is 1.98. The Hall–Kier alpha value is -3.58. The molecule has 10 nitrogen and oxygen atoms in total. The minimum absolute atomic E-state index is 0.0902. The highest BCUT2D eigenvalue weighted by molar-refractivity contribution is 5.98. The normalized spacial score (nSPS) is 16.1. The van der Waals surface area contributed by atoms with E-state index in [2.05, 4.69) is 37.7 Å². The fourth-order valence-electron chi connectivity index (χ4n) is 3.79. The molecule has 1 aliphatic rings. The first-order valence-electron chi connectivity index (χ1n) is 10.3. The smallest absolute Gasteiger partial charge is 0.272 e. The van der Waals surface area contributed by atoms with E-state index in [4.69, 9.17) is 15.3 Å². The summed E-state index contributed by atoms with van der Waals surface area (Å²) in [6, 6.07) is 5.62. The average Bonchev–Trinajstić information content (AvgIpc) is 3.39. The number of benzene rings is 1. The lowest BCUT2D eigenvalue weighted by Gasteiger charge is -2.31. The van der Waals surface area contributed by atoms with Crippen molar-refractivity contribution < 1.29 is 9.42 Å². The van der Waals surface area contributed by atoms with Crippen molar-refractivity contribution in [1.29, 1.82) is 0 Å². The van der Waals surface area contributed by atoms with Gasteiger partial charge in [0, 0.05) is 32.7 Å². The van der Waals surface area contributed by atoms with Crippen molar-refractivity contribution in [2.45, 2.75) is 38.9 Å². The highest BCUT2D eigenvalue weighted by Gasteiger charge is 2.27. The van der Waals surface area contributed by atoms with Gasteiger partial charge in [0.05, 0.1) is 6.54 Å². The first-order chi connectivity index (χ1) is 15.1. The first kappa shape index (κ1) is 20.7. The van der Waals surface area contributed by atoms with E-state index in [1.54, 1.807) is 14.0 Å². The van der Waals surface area contributed by atoms with Crippen molar-refractivity contribution in [2.75, 3.05) is 30.4 Å². The maximum Gasteiger partial charge on any atom is 0.272 e. The molecule has 3 heterocycles. The van der Waals surface area contributed by atoms with Gasteiger partial charge < -0.3 is 21.3 Å². The molecule has 0 spiro atoms. The maximum absolute atomic E-state index is 13.2. The van der Waals surface area contributed by atoms with E-state index in [1.165, 1.54) is 0 Å². The summed E-state index contributed by atoms with van der Waals surface area (Å²) < 4.78 is 6.59. The molecule has 2 aromatic heterocycles. The standard InChI is InChI=1S/C21H26N8O2/c1-3-4-10-29-18(19(23-2)25-21(29)28-9-5-6-15(22)13-28)20(30)24-12-14-7-8-16-17(11-14)27-31-26-16/h7-8,11,15,23H,5-6,9-10,12-13,22H2,1-2H3,(H,24,30). The van der Waals surface area contributed by atoms with E-state index in [0.29, 0.717) is 48.1 Å². The molecule has 1 fully saturated rings. The topological polar surface area (TPSA) is 127 Å². The summed E-state index contributed by atoms with van der Waals surface area (Å²) >= 11 is 0. The fourth-order valence-corrected chi connectivity index (χ4v) is 3.79. The van der Waals surface area contributed by atoms with Gasteiger partial charge in [-0.2, -0.15) is 4.98 Å². The molecule has 1 amide bonds. The second-order valence-corrected chi connectivity index (χ2v) is 7.49. The Labute approximate surface area is 180 Å². The van der Waals surface area contributed by atoms with Gasteiger partial charge in [-0.3, -0.25) is 9.36 Å². The molecule has 0 aliphatic carbocycles. The number of nitrogens with zero attached hydrogens (tertiary/aromatic N) is 5. The van der Waals surface area contributed by atoms with Gasteiger partial charge in [-0.15, -0.1) is 5.92 Å². The number of piperidine rings is 1. The third-order valence-electron chi connectivity index (χ3n) is 5.33. The van der Waals surface area contributed by atoms with Crippen LogP contribution in [-0.4, -0.2) is 52.0 Å². The zero-order valence-electron chi connectivity index (χ0n) is 17.7. The number of amides is 1. The Morgan fingerprint density at radius 3 is 2.97 bits per heavy atom. The summed E-state index contributed by atoms with van der Waals surface area (Å²) in [5, 5.41) is 13.7. The van der Waals surface area contributed by atoms with E-state index < -0.39 is 0 Å². The number of nitrogens with two attached hydrogens (primary N) is 1. The van der Waals surface area contributed by atoms with Crippen LogP contribution < -0.4 is 21.3 Å². The minimum Gasteiger partial charge on any atom is -0.371 e. The highest BCUT2D eigenvalue weighted by atomic mass is 16.6. The zero-order valence-corrected chi connectivity index (χ0v) is 17.7. The summed E-state index contributed by atoms with van der Waals surface area (Å²) in [4.78, 5) is 20.1. The van der Waals surface area contributed by atoms with E-state index in [9.17, 15) is 4.79 Å². The number of nitrogens with one attached hydrogen (secondary N) is 2. The Balaban J connectivity index is 1.61. The Bertz CT molecular complexity index is 1140. The van der Waals surface area contributed by atoms with Gasteiger partial charge in [-0.05, 0) is 47.8 Å². The number of imidazole rings is 1. The predicted octanol–water partition coefficient (Wildman–Crippen LogP) is 1.34. The highest BCUT2D eigenvalue weighted by Crippen LogP contribution is 2.26. The second-order valence-electron chi connectivity index (χ2n) is 7.49. The Kier molecular flexibility index (Phi) is 6.04. The van der Waals surface area contributed by atoms with E-state index in [1.807, 2.05) is 22.8 Å². The van der Waals surface area contributed by atoms with Crippen LogP contribution in [0.4, 0.5) is 11.8 Å². The minimum atomic E-state index is -0.235. The largest absolute Gasteiger partial charge is 0.371 e. The lowest BCUT2D eigenvalue weighted by atomic mass is 10.1. The van der Waals surface area contributed by atoms with Crippen LogP contribution in [0.5, 0.6) is 0 Å². The van der Waals surface area contributed by atoms with Crippen LogP contribution in [-0.2, 0) is 13.1 Å². The Morgan fingerprint density at radius 1 is 1.35 bits per heavy atom. The molecular formula is C21H26N8O2. The van der Waals surface area contributed by atoms with E-state index >= 15 is 0 Å². The quantitative estimate of drug-likeness (QED) is 0.508. The van der Waals surface area contributed by atoms with Crippen molar-refractivity contribution in [1.82, 2.24) is 25.2 Å². The molecule has 1 saturated heterocycles. The van der Waals surface area contributed by atoms with Gasteiger partial charge >= 0.3 is 0 Å². The molecule has 0 bridgehead atoms. The van der Waals surface area contributed by atoms with Crippen LogP contribution in [0.2, 0.25) is 0 Å². The van der Waals surface area contributed by atoms with Crippen LogP contribution in [0.25, 0.3) is 11.0 Å². The molecule has 1 aliphatic heterocycles. The summed E-state index contributed by atoms with van der Waals surface area (Å²) in [6.45, 7) is 4.03. The molecule has 4 N–H and O–H groups in total. The summed E-state index contributed by atoms with van der Waals surface area (Å²) in [5.41, 5.74) is 8.84. The lowest BCUT2D eigenvalue weighted by molar-refractivity contribution is 0.0943. The monoisotopic (exact) mass is 422 g/mol. The molecule has 0 saturated carbocycles. The maximum atomic E-state index is 13.2. The number of aromatic nitrogens is 4. The summed E-state index contributed by atoms with van der Waals surface area (Å²) in [5.74, 6) is 6.96. The molecular weight excluding hydrogens is 396 g/mol. The molecule has 4 rings (SSSR count). The number of carbonyl (C=O) groups excluding carboxylic acids is 1. The average molecular weight is 422 g/mol. The van der Waals surface area contributed by atoms with E-state index in [0.717, 1.165) is 24.9 Å². The van der Waals surface area contributed by atoms with Crippen molar-refractivity contribution in [3.05, 3.63) is 29.5 Å². The molecule has 0 radical (unpaired) electrons. The Morgan fingerprint density at radius 2 is 2.19 bits per heavy atom. The van der Waals surface area contributed by atoms with Gasteiger partial charge in [-0.25, -0.2) is 4.63 Å². The zero-order chi connectivity index (χ0) is 21.8. The fraction of sp³-hybridized carbons (Fsp3) is 0.429. The number of carbonyl (C=O) groups is 1. The SMILES string of the molecule is CC#CCn1c(N2CCCC(N)C2)nc(NC)c1C(=O)NCc1ccc2nonc2c1. The van der Waals surface area contributed by atoms with Gasteiger partial charge in [0.15, 0.2) is 11.5 Å². The van der Waals surface area contributed by atoms with Gasteiger partial charge in [0.1, 0.15) is 11.0 Å². The molecule has 162 valence electrons. The van der Waals surface area contributed by atoms with Crippen LogP contribution in [0, 0.1) is 11.8 Å². The third-order valence-corrected chi connectivity index (χ3v) is 5.33.